The number of halogens is 2. The van der Waals surface area contributed by atoms with Crippen molar-refractivity contribution in [1.29, 1.82) is 0 Å². The van der Waals surface area contributed by atoms with E-state index in [9.17, 15) is 23.8 Å². The van der Waals surface area contributed by atoms with E-state index in [1.54, 1.807) is 0 Å². The van der Waals surface area contributed by atoms with Gasteiger partial charge in [0.1, 0.15) is 28.7 Å². The van der Waals surface area contributed by atoms with Crippen LogP contribution in [0.15, 0.2) is 6.07 Å². The van der Waals surface area contributed by atoms with Crippen LogP contribution in [0, 0.1) is 5.82 Å². The first-order valence-electron chi connectivity index (χ1n) is 7.30. The van der Waals surface area contributed by atoms with Crippen LogP contribution in [-0.2, 0) is 16.0 Å². The Morgan fingerprint density at radius 2 is 2.08 bits per heavy atom. The van der Waals surface area contributed by atoms with Gasteiger partial charge in [0, 0.05) is 30.6 Å². The zero-order valence-corrected chi connectivity index (χ0v) is 13.6. The Morgan fingerprint density at radius 1 is 1.42 bits per heavy atom. The third-order valence-electron chi connectivity index (χ3n) is 3.85. The SMILES string of the molecule is CC(=O)CCC(=O)C[C@H]1Cc2c(Cl)c(F)cc(C(=O)O)c2OB1O. The van der Waals surface area contributed by atoms with Gasteiger partial charge in [0.05, 0.1) is 5.02 Å². The molecule has 1 atom stereocenters. The summed E-state index contributed by atoms with van der Waals surface area (Å²) in [6.07, 6.45) is 0.0721. The van der Waals surface area contributed by atoms with E-state index in [1.165, 1.54) is 6.92 Å². The van der Waals surface area contributed by atoms with E-state index in [4.69, 9.17) is 21.4 Å². The number of carboxylic acids is 1. The highest BCUT2D eigenvalue weighted by molar-refractivity contribution is 6.47. The first kappa shape index (κ1) is 18.4. The topological polar surface area (TPSA) is 101 Å². The van der Waals surface area contributed by atoms with Crippen LogP contribution in [0.5, 0.6) is 5.75 Å². The van der Waals surface area contributed by atoms with Crippen molar-refractivity contribution in [2.24, 2.45) is 0 Å². The normalized spacial score (nSPS) is 16.3. The number of hydrogen-bond acceptors (Lipinski definition) is 5. The summed E-state index contributed by atoms with van der Waals surface area (Å²) < 4.78 is 19.0. The van der Waals surface area contributed by atoms with Crippen LogP contribution in [0.1, 0.15) is 42.1 Å². The molecule has 24 heavy (non-hydrogen) atoms. The fourth-order valence-corrected chi connectivity index (χ4v) is 2.82. The van der Waals surface area contributed by atoms with E-state index in [1.807, 2.05) is 0 Å². The number of fused-ring (bicyclic) bond motifs is 1. The Morgan fingerprint density at radius 3 is 2.67 bits per heavy atom. The van der Waals surface area contributed by atoms with Gasteiger partial charge >= 0.3 is 13.1 Å². The number of Topliss-reactive ketones (excluding diaryl/α,β-unsaturated/α-hetero) is 2. The van der Waals surface area contributed by atoms with E-state index in [0.29, 0.717) is 0 Å². The van der Waals surface area contributed by atoms with Gasteiger partial charge in [0.15, 0.2) is 0 Å². The van der Waals surface area contributed by atoms with Gasteiger partial charge in [-0.05, 0) is 19.4 Å². The van der Waals surface area contributed by atoms with Crippen molar-refractivity contribution in [2.45, 2.75) is 38.4 Å². The number of hydrogen-bond donors (Lipinski definition) is 2. The van der Waals surface area contributed by atoms with Gasteiger partial charge in [-0.25, -0.2) is 9.18 Å². The summed E-state index contributed by atoms with van der Waals surface area (Å²) in [6.45, 7) is 1.37. The zero-order valence-electron chi connectivity index (χ0n) is 12.8. The molecule has 1 aromatic carbocycles. The van der Waals surface area contributed by atoms with Crippen LogP contribution in [-0.4, -0.2) is 34.8 Å². The average molecular weight is 357 g/mol. The Hall–Kier alpha value is -1.93. The Balaban J connectivity index is 2.24. The Labute approximate surface area is 142 Å². The largest absolute Gasteiger partial charge is 0.535 e. The second-order valence-corrected chi connectivity index (χ2v) is 6.13. The molecule has 2 rings (SSSR count). The molecule has 0 saturated heterocycles. The number of carboxylic acid groups (broad SMARTS) is 1. The fourth-order valence-electron chi connectivity index (χ4n) is 2.60. The fraction of sp³-hybridized carbons (Fsp3) is 0.400. The number of aromatic carboxylic acids is 1. The summed E-state index contributed by atoms with van der Waals surface area (Å²) in [6, 6.07) is 0.731. The summed E-state index contributed by atoms with van der Waals surface area (Å²) in [7, 11) is -1.42. The minimum absolute atomic E-state index is 0.000809. The van der Waals surface area contributed by atoms with Crippen molar-refractivity contribution in [1.82, 2.24) is 0 Å². The molecule has 6 nitrogen and oxygen atoms in total. The second-order valence-electron chi connectivity index (χ2n) is 5.75. The Bertz CT molecular complexity index is 708. The van der Waals surface area contributed by atoms with Gasteiger partial charge in [-0.2, -0.15) is 0 Å². The molecule has 9 heteroatoms. The van der Waals surface area contributed by atoms with Crippen molar-refractivity contribution < 1.29 is 33.6 Å². The summed E-state index contributed by atoms with van der Waals surface area (Å²) >= 11 is 5.88. The summed E-state index contributed by atoms with van der Waals surface area (Å²) in [5.74, 6) is -3.57. The van der Waals surface area contributed by atoms with Gasteiger partial charge in [-0.3, -0.25) is 4.79 Å². The smallest absolute Gasteiger partial charge is 0.526 e. The summed E-state index contributed by atoms with van der Waals surface area (Å²) in [4.78, 5) is 34.0. The molecule has 1 heterocycles. The standard InChI is InChI=1S/C15H15BClFO6/c1-7(19)2-3-9(20)4-8-5-10-13(17)12(18)6-11(15(21)22)14(10)24-16(8)23/h6,8,23H,2-5H2,1H3,(H,21,22)/t8-/m0/s1. The summed E-state index contributed by atoms with van der Waals surface area (Å²) in [5, 5.41) is 18.9. The van der Waals surface area contributed by atoms with E-state index >= 15 is 0 Å². The number of ketones is 2. The lowest BCUT2D eigenvalue weighted by Crippen LogP contribution is -2.36. The van der Waals surface area contributed by atoms with E-state index in [-0.39, 0.29) is 53.6 Å². The zero-order chi connectivity index (χ0) is 18.0. The molecule has 1 aliphatic rings. The molecule has 1 aliphatic heterocycles. The molecule has 128 valence electrons. The molecule has 0 saturated carbocycles. The highest BCUT2D eigenvalue weighted by Gasteiger charge is 2.39. The molecule has 2 N–H and O–H groups in total. The molecular weight excluding hydrogens is 341 g/mol. The van der Waals surface area contributed by atoms with Crippen LogP contribution in [0.3, 0.4) is 0 Å². The van der Waals surface area contributed by atoms with Gasteiger partial charge in [0.25, 0.3) is 0 Å². The van der Waals surface area contributed by atoms with E-state index in [0.717, 1.165) is 6.07 Å². The predicted molar refractivity (Wildman–Crippen MR) is 84.0 cm³/mol. The maximum Gasteiger partial charge on any atom is 0.526 e. The quantitative estimate of drug-likeness (QED) is 0.758. The average Bonchev–Trinajstić information content (AvgIpc) is 2.50. The van der Waals surface area contributed by atoms with Crippen LogP contribution in [0.25, 0.3) is 0 Å². The number of carbonyl (C=O) groups is 3. The Kier molecular flexibility index (Phi) is 5.61. The number of benzene rings is 1. The minimum atomic E-state index is -1.42. The lowest BCUT2D eigenvalue weighted by atomic mass is 9.64. The first-order valence-corrected chi connectivity index (χ1v) is 7.68. The molecule has 0 aliphatic carbocycles. The van der Waals surface area contributed by atoms with Crippen LogP contribution >= 0.6 is 11.6 Å². The molecule has 0 fully saturated rings. The van der Waals surface area contributed by atoms with Gasteiger partial charge in [-0.1, -0.05) is 11.6 Å². The second kappa shape index (κ2) is 7.31. The molecule has 0 aromatic heterocycles. The lowest BCUT2D eigenvalue weighted by molar-refractivity contribution is -0.123. The maximum atomic E-state index is 13.8. The van der Waals surface area contributed by atoms with Crippen molar-refractivity contribution in [3.8, 4) is 5.75 Å². The van der Waals surface area contributed by atoms with E-state index < -0.39 is 30.3 Å². The summed E-state index contributed by atoms with van der Waals surface area (Å²) in [5.41, 5.74) is -0.323. The molecular formula is C15H15BClFO6. The van der Waals surface area contributed by atoms with Crippen molar-refractivity contribution >= 4 is 36.3 Å². The molecule has 1 aromatic rings. The maximum absolute atomic E-state index is 13.8. The third-order valence-corrected chi connectivity index (χ3v) is 4.26. The highest BCUT2D eigenvalue weighted by atomic mass is 35.5. The third kappa shape index (κ3) is 3.94. The predicted octanol–water partition coefficient (Wildman–Crippen LogP) is 2.29. The lowest BCUT2D eigenvalue weighted by Gasteiger charge is -2.28. The van der Waals surface area contributed by atoms with Crippen molar-refractivity contribution in [3.05, 3.63) is 28.0 Å². The number of rotatable bonds is 6. The number of carbonyl (C=O) groups excluding carboxylic acids is 2. The molecule has 0 radical (unpaired) electrons. The van der Waals surface area contributed by atoms with E-state index in [2.05, 4.69) is 0 Å². The molecule has 0 unspecified atom stereocenters. The highest BCUT2D eigenvalue weighted by Crippen LogP contribution is 2.41. The molecule has 0 bridgehead atoms. The van der Waals surface area contributed by atoms with Gasteiger partial charge in [0.2, 0.25) is 0 Å². The monoisotopic (exact) mass is 356 g/mol. The van der Waals surface area contributed by atoms with Gasteiger partial charge < -0.3 is 19.6 Å². The van der Waals surface area contributed by atoms with Crippen LogP contribution in [0.2, 0.25) is 10.8 Å². The first-order chi connectivity index (χ1) is 11.2. The van der Waals surface area contributed by atoms with Crippen LogP contribution in [0.4, 0.5) is 4.39 Å². The van der Waals surface area contributed by atoms with Crippen molar-refractivity contribution in [3.63, 3.8) is 0 Å². The van der Waals surface area contributed by atoms with Gasteiger partial charge in [-0.15, -0.1) is 0 Å². The molecule has 0 amide bonds. The van der Waals surface area contributed by atoms with Crippen LogP contribution < -0.4 is 4.65 Å². The molecule has 0 spiro atoms. The van der Waals surface area contributed by atoms with Crippen molar-refractivity contribution in [2.75, 3.05) is 0 Å². The minimum Gasteiger partial charge on any atom is -0.535 e.